The van der Waals surface area contributed by atoms with E-state index in [1.54, 1.807) is 4.90 Å². The van der Waals surface area contributed by atoms with Crippen LogP contribution >= 0.6 is 11.6 Å². The molecule has 136 valence electrons. The van der Waals surface area contributed by atoms with Gasteiger partial charge in [0.25, 0.3) is 0 Å². The van der Waals surface area contributed by atoms with Gasteiger partial charge in [-0.15, -0.1) is 0 Å². The fourth-order valence-electron chi connectivity index (χ4n) is 3.16. The van der Waals surface area contributed by atoms with Gasteiger partial charge >= 0.3 is 0 Å². The van der Waals surface area contributed by atoms with Gasteiger partial charge in [-0.2, -0.15) is 0 Å². The molecule has 0 bridgehead atoms. The maximum absolute atomic E-state index is 12.9. The molecule has 2 amide bonds. The summed E-state index contributed by atoms with van der Waals surface area (Å²) in [4.78, 5) is 26.7. The number of carbonyl (C=O) groups is 2. The molecule has 0 fully saturated rings. The predicted octanol–water partition coefficient (Wildman–Crippen LogP) is 3.75. The highest BCUT2D eigenvalue weighted by Crippen LogP contribution is 2.31. The number of nitrogens with zero attached hydrogens (tertiary/aromatic N) is 1. The van der Waals surface area contributed by atoms with Crippen LogP contribution in [0.5, 0.6) is 0 Å². The molecule has 6 heteroatoms. The number of fused-ring (bicyclic) bond motifs is 1. The van der Waals surface area contributed by atoms with E-state index in [9.17, 15) is 9.59 Å². The number of rotatable bonds is 4. The highest BCUT2D eigenvalue weighted by Gasteiger charge is 2.29. The molecule has 2 N–H and O–H groups in total. The first kappa shape index (κ1) is 18.4. The Morgan fingerprint density at radius 1 is 1.27 bits per heavy atom. The van der Waals surface area contributed by atoms with Crippen LogP contribution in [-0.4, -0.2) is 24.4 Å². The Labute approximate surface area is 158 Å². The normalized spacial score (nSPS) is 17.9. The Morgan fingerprint density at radius 3 is 2.69 bits per heavy atom. The third-order valence-corrected chi connectivity index (χ3v) is 4.81. The standard InChI is InChI=1S/C20H22ClN3O2/c1-13-11-19(25)23-17-5-3-4-6-18(17)24(13)20(26)12-22-14(2)15-7-9-16(21)10-8-15/h3-10,13-14,22H,11-12H2,1-2H3,(H,23,25). The quantitative estimate of drug-likeness (QED) is 0.860. The van der Waals surface area contributed by atoms with Gasteiger partial charge in [-0.3, -0.25) is 9.59 Å². The Hall–Kier alpha value is -2.37. The fraction of sp³-hybridized carbons (Fsp3) is 0.300. The topological polar surface area (TPSA) is 61.4 Å². The predicted molar refractivity (Wildman–Crippen MR) is 105 cm³/mol. The number of hydrogen-bond donors (Lipinski definition) is 2. The third kappa shape index (κ3) is 4.06. The second kappa shape index (κ2) is 7.89. The Balaban J connectivity index is 1.74. The van der Waals surface area contributed by atoms with Crippen molar-refractivity contribution in [3.8, 4) is 0 Å². The van der Waals surface area contributed by atoms with E-state index in [0.29, 0.717) is 10.7 Å². The lowest BCUT2D eigenvalue weighted by Crippen LogP contribution is -2.44. The SMILES string of the molecule is CC(NCC(=O)N1c2ccccc2NC(=O)CC1C)c1ccc(Cl)cc1. The van der Waals surface area contributed by atoms with Gasteiger partial charge in [-0.1, -0.05) is 35.9 Å². The van der Waals surface area contributed by atoms with E-state index < -0.39 is 0 Å². The average Bonchev–Trinajstić information content (AvgIpc) is 2.74. The minimum absolute atomic E-state index is 0.00787. The zero-order chi connectivity index (χ0) is 18.7. The van der Waals surface area contributed by atoms with Crippen molar-refractivity contribution in [2.45, 2.75) is 32.4 Å². The van der Waals surface area contributed by atoms with Crippen molar-refractivity contribution in [2.75, 3.05) is 16.8 Å². The number of halogens is 1. The molecule has 1 heterocycles. The number of hydrogen-bond acceptors (Lipinski definition) is 3. The molecule has 0 aromatic heterocycles. The van der Waals surface area contributed by atoms with Crippen LogP contribution in [-0.2, 0) is 9.59 Å². The fourth-order valence-corrected chi connectivity index (χ4v) is 3.29. The summed E-state index contributed by atoms with van der Waals surface area (Å²) in [5.41, 5.74) is 2.46. The number of para-hydroxylation sites is 2. The van der Waals surface area contributed by atoms with Gasteiger partial charge in [0.1, 0.15) is 0 Å². The van der Waals surface area contributed by atoms with Crippen molar-refractivity contribution in [3.05, 3.63) is 59.1 Å². The number of anilines is 2. The summed E-state index contributed by atoms with van der Waals surface area (Å²) in [6.45, 7) is 4.07. The van der Waals surface area contributed by atoms with Gasteiger partial charge in [-0.25, -0.2) is 0 Å². The molecule has 1 aliphatic heterocycles. The Bertz CT molecular complexity index is 807. The molecule has 2 aromatic rings. The van der Waals surface area contributed by atoms with Crippen molar-refractivity contribution in [2.24, 2.45) is 0 Å². The monoisotopic (exact) mass is 371 g/mol. The largest absolute Gasteiger partial charge is 0.324 e. The van der Waals surface area contributed by atoms with E-state index in [1.807, 2.05) is 62.4 Å². The number of carbonyl (C=O) groups excluding carboxylic acids is 2. The van der Waals surface area contributed by atoms with Crippen LogP contribution in [0, 0.1) is 0 Å². The first-order valence-corrected chi connectivity index (χ1v) is 9.03. The summed E-state index contributed by atoms with van der Waals surface area (Å²) >= 11 is 5.92. The van der Waals surface area contributed by atoms with Crippen molar-refractivity contribution in [3.63, 3.8) is 0 Å². The summed E-state index contributed by atoms with van der Waals surface area (Å²) < 4.78 is 0. The minimum Gasteiger partial charge on any atom is -0.324 e. The van der Waals surface area contributed by atoms with Gasteiger partial charge in [-0.05, 0) is 43.7 Å². The number of nitrogens with one attached hydrogen (secondary N) is 2. The van der Waals surface area contributed by atoms with Gasteiger partial charge in [0.05, 0.1) is 17.9 Å². The van der Waals surface area contributed by atoms with Gasteiger partial charge < -0.3 is 15.5 Å². The molecule has 2 atom stereocenters. The average molecular weight is 372 g/mol. The van der Waals surface area contributed by atoms with E-state index in [4.69, 9.17) is 11.6 Å². The minimum atomic E-state index is -0.209. The van der Waals surface area contributed by atoms with Gasteiger partial charge in [0, 0.05) is 23.5 Å². The highest BCUT2D eigenvalue weighted by atomic mass is 35.5. The molecule has 3 rings (SSSR count). The highest BCUT2D eigenvalue weighted by molar-refractivity contribution is 6.30. The maximum atomic E-state index is 12.9. The summed E-state index contributed by atoms with van der Waals surface area (Å²) in [6, 6.07) is 14.7. The Kier molecular flexibility index (Phi) is 5.59. The third-order valence-electron chi connectivity index (χ3n) is 4.56. The van der Waals surface area contributed by atoms with E-state index in [1.165, 1.54) is 0 Å². The summed E-state index contributed by atoms with van der Waals surface area (Å²) in [5, 5.41) is 6.81. The Morgan fingerprint density at radius 2 is 1.96 bits per heavy atom. The molecular formula is C20H22ClN3O2. The summed E-state index contributed by atoms with van der Waals surface area (Å²) in [6.07, 6.45) is 0.271. The summed E-state index contributed by atoms with van der Waals surface area (Å²) in [7, 11) is 0. The van der Waals surface area contributed by atoms with Crippen LogP contribution < -0.4 is 15.5 Å². The maximum Gasteiger partial charge on any atom is 0.241 e. The van der Waals surface area contributed by atoms with E-state index >= 15 is 0 Å². The van der Waals surface area contributed by atoms with Crippen molar-refractivity contribution >= 4 is 34.8 Å². The first-order chi connectivity index (χ1) is 12.5. The summed E-state index contributed by atoms with van der Waals surface area (Å²) in [5.74, 6) is -0.148. The van der Waals surface area contributed by atoms with E-state index in [0.717, 1.165) is 11.3 Å². The smallest absolute Gasteiger partial charge is 0.241 e. The molecule has 0 aliphatic carbocycles. The van der Waals surface area contributed by atoms with Crippen LogP contribution in [0.3, 0.4) is 0 Å². The molecule has 0 saturated heterocycles. The van der Waals surface area contributed by atoms with Gasteiger partial charge in [0.15, 0.2) is 0 Å². The molecule has 5 nitrogen and oxygen atoms in total. The molecule has 0 radical (unpaired) electrons. The molecule has 0 spiro atoms. The van der Waals surface area contributed by atoms with Crippen LogP contribution in [0.1, 0.15) is 31.9 Å². The number of benzene rings is 2. The van der Waals surface area contributed by atoms with Crippen LogP contribution in [0.15, 0.2) is 48.5 Å². The molecule has 0 saturated carbocycles. The second-order valence-electron chi connectivity index (χ2n) is 6.54. The van der Waals surface area contributed by atoms with E-state index in [2.05, 4.69) is 10.6 Å². The lowest BCUT2D eigenvalue weighted by Gasteiger charge is -2.28. The van der Waals surface area contributed by atoms with Crippen LogP contribution in [0.2, 0.25) is 5.02 Å². The van der Waals surface area contributed by atoms with Gasteiger partial charge in [0.2, 0.25) is 11.8 Å². The zero-order valence-electron chi connectivity index (χ0n) is 14.8. The molecule has 2 aromatic carbocycles. The lowest BCUT2D eigenvalue weighted by atomic mass is 10.1. The second-order valence-corrected chi connectivity index (χ2v) is 6.97. The molecule has 2 unspecified atom stereocenters. The zero-order valence-corrected chi connectivity index (χ0v) is 15.6. The van der Waals surface area contributed by atoms with E-state index in [-0.39, 0.29) is 36.9 Å². The number of amides is 2. The lowest BCUT2D eigenvalue weighted by molar-refractivity contribution is -0.118. The van der Waals surface area contributed by atoms with Crippen molar-refractivity contribution in [1.82, 2.24) is 5.32 Å². The van der Waals surface area contributed by atoms with Crippen LogP contribution in [0.25, 0.3) is 0 Å². The van der Waals surface area contributed by atoms with Crippen molar-refractivity contribution in [1.29, 1.82) is 0 Å². The van der Waals surface area contributed by atoms with Crippen molar-refractivity contribution < 1.29 is 9.59 Å². The molecule has 26 heavy (non-hydrogen) atoms. The first-order valence-electron chi connectivity index (χ1n) is 8.65. The van der Waals surface area contributed by atoms with Crippen LogP contribution in [0.4, 0.5) is 11.4 Å². The molecular weight excluding hydrogens is 350 g/mol. The molecule has 1 aliphatic rings.